The van der Waals surface area contributed by atoms with Crippen LogP contribution >= 0.6 is 11.3 Å². The van der Waals surface area contributed by atoms with Crippen molar-refractivity contribution in [2.45, 2.75) is 58.2 Å². The number of rotatable bonds is 4. The number of hydrogen-bond acceptors (Lipinski definition) is 3. The van der Waals surface area contributed by atoms with Crippen molar-refractivity contribution in [2.75, 3.05) is 13.1 Å². The lowest BCUT2D eigenvalue weighted by molar-refractivity contribution is 0.0169. The van der Waals surface area contributed by atoms with Gasteiger partial charge in [0.15, 0.2) is 0 Å². The van der Waals surface area contributed by atoms with Gasteiger partial charge in [-0.15, -0.1) is 11.3 Å². The second kappa shape index (κ2) is 5.32. The maximum absolute atomic E-state index is 3.79. The molecule has 0 radical (unpaired) electrons. The van der Waals surface area contributed by atoms with Crippen LogP contribution < -0.4 is 5.32 Å². The highest BCUT2D eigenvalue weighted by atomic mass is 32.1. The van der Waals surface area contributed by atoms with E-state index in [2.05, 4.69) is 55.4 Å². The van der Waals surface area contributed by atoms with E-state index in [0.717, 1.165) is 19.6 Å². The van der Waals surface area contributed by atoms with E-state index in [9.17, 15) is 0 Å². The number of nitrogens with zero attached hydrogens (tertiary/aromatic N) is 1. The van der Waals surface area contributed by atoms with Crippen molar-refractivity contribution in [3.05, 3.63) is 22.4 Å². The SMILES string of the molecule is CCC1(CC)CN(Cc2cccs2)C(C)(C)CN1. The number of hydrogen-bond donors (Lipinski definition) is 1. The molecule has 1 aromatic rings. The molecule has 102 valence electrons. The first kappa shape index (κ1) is 14.0. The molecule has 0 atom stereocenters. The predicted molar refractivity (Wildman–Crippen MR) is 80.1 cm³/mol. The van der Waals surface area contributed by atoms with Crippen molar-refractivity contribution in [3.63, 3.8) is 0 Å². The lowest BCUT2D eigenvalue weighted by Crippen LogP contribution is -2.67. The fourth-order valence-electron chi connectivity index (χ4n) is 2.74. The van der Waals surface area contributed by atoms with Crippen molar-refractivity contribution in [1.82, 2.24) is 10.2 Å². The standard InChI is InChI=1S/C15H26N2S/c1-5-15(6-2)12-17(14(3,4)11-16-15)10-13-8-7-9-18-13/h7-9,16H,5-6,10-12H2,1-4H3. The Hall–Kier alpha value is -0.380. The van der Waals surface area contributed by atoms with E-state index < -0.39 is 0 Å². The van der Waals surface area contributed by atoms with Crippen molar-refractivity contribution >= 4 is 11.3 Å². The molecule has 3 heteroatoms. The van der Waals surface area contributed by atoms with Crippen LogP contribution in [0.2, 0.25) is 0 Å². The van der Waals surface area contributed by atoms with Gasteiger partial charge in [-0.05, 0) is 38.1 Å². The second-order valence-electron chi connectivity index (χ2n) is 6.09. The van der Waals surface area contributed by atoms with Gasteiger partial charge in [-0.1, -0.05) is 19.9 Å². The van der Waals surface area contributed by atoms with Gasteiger partial charge in [0.05, 0.1) is 0 Å². The molecule has 0 bridgehead atoms. The maximum atomic E-state index is 3.79. The summed E-state index contributed by atoms with van der Waals surface area (Å²) < 4.78 is 0. The molecule has 0 unspecified atom stereocenters. The highest BCUT2D eigenvalue weighted by Gasteiger charge is 2.40. The van der Waals surface area contributed by atoms with Gasteiger partial charge in [0.1, 0.15) is 0 Å². The predicted octanol–water partition coefficient (Wildman–Crippen LogP) is 3.49. The topological polar surface area (TPSA) is 15.3 Å². The highest BCUT2D eigenvalue weighted by molar-refractivity contribution is 7.09. The molecular formula is C15H26N2S. The van der Waals surface area contributed by atoms with Gasteiger partial charge in [-0.25, -0.2) is 0 Å². The first-order valence-electron chi connectivity index (χ1n) is 7.04. The van der Waals surface area contributed by atoms with E-state index in [1.807, 2.05) is 11.3 Å². The molecule has 1 aliphatic rings. The van der Waals surface area contributed by atoms with Crippen LogP contribution in [0.15, 0.2) is 17.5 Å². The van der Waals surface area contributed by atoms with Crippen LogP contribution in [-0.2, 0) is 6.54 Å². The Morgan fingerprint density at radius 1 is 1.33 bits per heavy atom. The molecule has 1 N–H and O–H groups in total. The third kappa shape index (κ3) is 2.79. The monoisotopic (exact) mass is 266 g/mol. The Morgan fingerprint density at radius 2 is 2.06 bits per heavy atom. The number of nitrogens with one attached hydrogen (secondary N) is 1. The summed E-state index contributed by atoms with van der Waals surface area (Å²) in [5.74, 6) is 0. The van der Waals surface area contributed by atoms with Crippen molar-refractivity contribution in [3.8, 4) is 0 Å². The van der Waals surface area contributed by atoms with E-state index in [-0.39, 0.29) is 5.54 Å². The lowest BCUT2D eigenvalue weighted by Gasteiger charge is -2.51. The van der Waals surface area contributed by atoms with E-state index in [1.165, 1.54) is 17.7 Å². The minimum atomic E-state index is 0.248. The van der Waals surface area contributed by atoms with Crippen LogP contribution in [0.5, 0.6) is 0 Å². The second-order valence-corrected chi connectivity index (χ2v) is 7.12. The minimum absolute atomic E-state index is 0.248. The van der Waals surface area contributed by atoms with E-state index in [4.69, 9.17) is 0 Å². The molecule has 0 amide bonds. The van der Waals surface area contributed by atoms with Gasteiger partial charge < -0.3 is 5.32 Å². The third-order valence-corrected chi connectivity index (χ3v) is 5.39. The molecule has 2 heterocycles. The van der Waals surface area contributed by atoms with Crippen LogP contribution in [0.25, 0.3) is 0 Å². The van der Waals surface area contributed by atoms with E-state index in [0.29, 0.717) is 5.54 Å². The van der Waals surface area contributed by atoms with Gasteiger partial charge in [0, 0.05) is 35.6 Å². The molecule has 1 aliphatic heterocycles. The largest absolute Gasteiger partial charge is 0.308 e. The van der Waals surface area contributed by atoms with E-state index >= 15 is 0 Å². The quantitative estimate of drug-likeness (QED) is 0.897. The molecular weight excluding hydrogens is 240 g/mol. The molecule has 1 saturated heterocycles. The fraction of sp³-hybridized carbons (Fsp3) is 0.733. The number of piperazine rings is 1. The zero-order chi connectivity index (χ0) is 13.2. The summed E-state index contributed by atoms with van der Waals surface area (Å²) in [6.07, 6.45) is 2.42. The normalized spacial score (nSPS) is 23.1. The lowest BCUT2D eigenvalue weighted by atomic mass is 9.85. The zero-order valence-electron chi connectivity index (χ0n) is 12.1. The average molecular weight is 266 g/mol. The summed E-state index contributed by atoms with van der Waals surface area (Å²) in [6, 6.07) is 4.41. The summed E-state index contributed by atoms with van der Waals surface area (Å²) >= 11 is 1.87. The molecule has 0 aliphatic carbocycles. The molecule has 1 fully saturated rings. The Kier molecular flexibility index (Phi) is 4.15. The molecule has 0 saturated carbocycles. The van der Waals surface area contributed by atoms with Gasteiger partial charge in [0.2, 0.25) is 0 Å². The third-order valence-electron chi connectivity index (χ3n) is 4.53. The molecule has 2 rings (SSSR count). The Bertz CT molecular complexity index is 366. The first-order valence-corrected chi connectivity index (χ1v) is 7.92. The van der Waals surface area contributed by atoms with Crippen molar-refractivity contribution in [2.24, 2.45) is 0 Å². The van der Waals surface area contributed by atoms with Gasteiger partial charge in [-0.3, -0.25) is 4.90 Å². The van der Waals surface area contributed by atoms with Crippen molar-refractivity contribution in [1.29, 1.82) is 0 Å². The smallest absolute Gasteiger partial charge is 0.0334 e. The molecule has 0 spiro atoms. The van der Waals surface area contributed by atoms with Crippen LogP contribution in [0.3, 0.4) is 0 Å². The summed E-state index contributed by atoms with van der Waals surface area (Å²) in [6.45, 7) is 12.6. The van der Waals surface area contributed by atoms with Crippen molar-refractivity contribution < 1.29 is 0 Å². The highest BCUT2D eigenvalue weighted by Crippen LogP contribution is 2.30. The van der Waals surface area contributed by atoms with Crippen LogP contribution in [0.4, 0.5) is 0 Å². The molecule has 0 aromatic carbocycles. The molecule has 2 nitrogen and oxygen atoms in total. The average Bonchev–Trinajstić information content (AvgIpc) is 2.85. The van der Waals surface area contributed by atoms with Crippen LogP contribution in [0, 0.1) is 0 Å². The fourth-order valence-corrected chi connectivity index (χ4v) is 3.45. The number of thiophene rings is 1. The Morgan fingerprint density at radius 3 is 2.61 bits per heavy atom. The summed E-state index contributed by atoms with van der Waals surface area (Å²) in [5, 5.41) is 5.97. The van der Waals surface area contributed by atoms with Gasteiger partial charge >= 0.3 is 0 Å². The van der Waals surface area contributed by atoms with E-state index in [1.54, 1.807) is 0 Å². The van der Waals surface area contributed by atoms with Gasteiger partial charge in [-0.2, -0.15) is 0 Å². The maximum Gasteiger partial charge on any atom is 0.0334 e. The molecule has 18 heavy (non-hydrogen) atoms. The summed E-state index contributed by atoms with van der Waals surface area (Å²) in [5.41, 5.74) is 0.560. The summed E-state index contributed by atoms with van der Waals surface area (Å²) in [4.78, 5) is 4.13. The Balaban J connectivity index is 2.13. The molecule has 1 aromatic heterocycles. The van der Waals surface area contributed by atoms with Gasteiger partial charge in [0.25, 0.3) is 0 Å². The first-order chi connectivity index (χ1) is 8.51. The minimum Gasteiger partial charge on any atom is -0.308 e. The summed E-state index contributed by atoms with van der Waals surface area (Å²) in [7, 11) is 0. The Labute approximate surface area is 115 Å². The zero-order valence-corrected chi connectivity index (χ0v) is 12.9. The van der Waals surface area contributed by atoms with Crippen LogP contribution in [-0.4, -0.2) is 29.1 Å². The van der Waals surface area contributed by atoms with Crippen LogP contribution in [0.1, 0.15) is 45.4 Å².